The quantitative estimate of drug-likeness (QED) is 0.313. The molecule has 0 amide bonds. The maximum absolute atomic E-state index is 13.2. The standard InChI is InChI=1S/C29H22O4/c30-29-27(16-21-10-4-1-5-11-21)33-26-18-24(31-19-22-12-6-2-7-13-22)17-25(28(26)29)32-20-23-14-8-3-9-15-23/h1-18H,19-20H2/b27-16-. The molecule has 0 saturated carbocycles. The number of ether oxygens (including phenoxy) is 3. The highest BCUT2D eigenvalue weighted by molar-refractivity contribution is 6.16. The van der Waals surface area contributed by atoms with Gasteiger partial charge in [-0.25, -0.2) is 0 Å². The Kier molecular flexibility index (Phi) is 5.89. The van der Waals surface area contributed by atoms with E-state index in [9.17, 15) is 4.79 Å². The lowest BCUT2D eigenvalue weighted by Gasteiger charge is -2.12. The van der Waals surface area contributed by atoms with E-state index in [-0.39, 0.29) is 11.5 Å². The fourth-order valence-electron chi connectivity index (χ4n) is 3.63. The Morgan fingerprint density at radius 1 is 0.697 bits per heavy atom. The summed E-state index contributed by atoms with van der Waals surface area (Å²) in [5.74, 6) is 1.53. The van der Waals surface area contributed by atoms with Crippen molar-refractivity contribution < 1.29 is 19.0 Å². The van der Waals surface area contributed by atoms with Gasteiger partial charge in [0, 0.05) is 12.1 Å². The van der Waals surface area contributed by atoms with Crippen molar-refractivity contribution in [1.82, 2.24) is 0 Å². The van der Waals surface area contributed by atoms with Crippen molar-refractivity contribution in [2.24, 2.45) is 0 Å². The Morgan fingerprint density at radius 2 is 1.27 bits per heavy atom. The van der Waals surface area contributed by atoms with Gasteiger partial charge in [0.25, 0.3) is 0 Å². The third-order valence-electron chi connectivity index (χ3n) is 5.29. The van der Waals surface area contributed by atoms with Crippen LogP contribution in [0.3, 0.4) is 0 Å². The average Bonchev–Trinajstić information content (AvgIpc) is 3.18. The predicted octanol–water partition coefficient (Wildman–Crippen LogP) is 6.46. The van der Waals surface area contributed by atoms with Gasteiger partial charge in [-0.1, -0.05) is 91.0 Å². The minimum absolute atomic E-state index is 0.202. The van der Waals surface area contributed by atoms with Crippen molar-refractivity contribution in [3.63, 3.8) is 0 Å². The van der Waals surface area contributed by atoms with Crippen LogP contribution in [-0.4, -0.2) is 5.78 Å². The van der Waals surface area contributed by atoms with Crippen molar-refractivity contribution in [3.8, 4) is 17.2 Å². The van der Waals surface area contributed by atoms with Gasteiger partial charge in [-0.2, -0.15) is 0 Å². The maximum atomic E-state index is 13.2. The summed E-state index contributed by atoms with van der Waals surface area (Å²) in [6.45, 7) is 0.735. The second kappa shape index (κ2) is 9.45. The first-order valence-corrected chi connectivity index (χ1v) is 10.8. The van der Waals surface area contributed by atoms with E-state index >= 15 is 0 Å². The van der Waals surface area contributed by atoms with Crippen molar-refractivity contribution in [2.75, 3.05) is 0 Å². The smallest absolute Gasteiger partial charge is 0.235 e. The molecule has 4 nitrogen and oxygen atoms in total. The molecule has 162 valence electrons. The van der Waals surface area contributed by atoms with Crippen LogP contribution < -0.4 is 14.2 Å². The van der Waals surface area contributed by atoms with Crippen LogP contribution >= 0.6 is 0 Å². The van der Waals surface area contributed by atoms with Gasteiger partial charge in [-0.05, 0) is 22.8 Å². The lowest BCUT2D eigenvalue weighted by atomic mass is 10.1. The lowest BCUT2D eigenvalue weighted by molar-refractivity contribution is 0.101. The van der Waals surface area contributed by atoms with Crippen molar-refractivity contribution >= 4 is 11.9 Å². The number of benzene rings is 4. The molecular weight excluding hydrogens is 412 g/mol. The number of ketones is 1. The fraction of sp³-hybridized carbons (Fsp3) is 0.0690. The van der Waals surface area contributed by atoms with Crippen LogP contribution in [0.1, 0.15) is 27.0 Å². The first-order chi connectivity index (χ1) is 16.3. The zero-order valence-corrected chi connectivity index (χ0v) is 17.9. The van der Waals surface area contributed by atoms with Gasteiger partial charge in [0.2, 0.25) is 5.78 Å². The summed E-state index contributed by atoms with van der Waals surface area (Å²) in [4.78, 5) is 13.2. The van der Waals surface area contributed by atoms with Gasteiger partial charge in [0.05, 0.1) is 0 Å². The molecule has 0 N–H and O–H groups in total. The van der Waals surface area contributed by atoms with Crippen LogP contribution in [0.4, 0.5) is 0 Å². The summed E-state index contributed by atoms with van der Waals surface area (Å²) in [7, 11) is 0. The zero-order valence-electron chi connectivity index (χ0n) is 17.9. The summed E-state index contributed by atoms with van der Waals surface area (Å²) >= 11 is 0. The van der Waals surface area contributed by atoms with E-state index in [1.54, 1.807) is 18.2 Å². The fourth-order valence-corrected chi connectivity index (χ4v) is 3.63. The van der Waals surface area contributed by atoms with Crippen LogP contribution in [0.2, 0.25) is 0 Å². The predicted molar refractivity (Wildman–Crippen MR) is 127 cm³/mol. The van der Waals surface area contributed by atoms with Gasteiger partial charge in [-0.3, -0.25) is 4.79 Å². The van der Waals surface area contributed by atoms with E-state index in [1.165, 1.54) is 0 Å². The van der Waals surface area contributed by atoms with Gasteiger partial charge < -0.3 is 14.2 Å². The third-order valence-corrected chi connectivity index (χ3v) is 5.29. The Morgan fingerprint density at radius 3 is 1.91 bits per heavy atom. The third kappa shape index (κ3) is 4.80. The molecule has 1 aliphatic rings. The van der Waals surface area contributed by atoms with Crippen LogP contribution in [0.15, 0.2) is 109 Å². The largest absolute Gasteiger partial charge is 0.489 e. The van der Waals surface area contributed by atoms with E-state index < -0.39 is 0 Å². The Balaban J connectivity index is 1.45. The molecule has 0 atom stereocenters. The molecule has 0 fully saturated rings. The molecule has 0 unspecified atom stereocenters. The van der Waals surface area contributed by atoms with Crippen molar-refractivity contribution in [3.05, 3.63) is 131 Å². The minimum Gasteiger partial charge on any atom is -0.489 e. The summed E-state index contributed by atoms with van der Waals surface area (Å²) in [5, 5.41) is 0. The molecule has 4 heteroatoms. The molecule has 0 spiro atoms. The van der Waals surface area contributed by atoms with Crippen molar-refractivity contribution in [2.45, 2.75) is 13.2 Å². The number of allylic oxidation sites excluding steroid dienone is 1. The zero-order chi connectivity index (χ0) is 22.5. The summed E-state index contributed by atoms with van der Waals surface area (Å²) in [6.07, 6.45) is 1.74. The van der Waals surface area contributed by atoms with Crippen molar-refractivity contribution in [1.29, 1.82) is 0 Å². The highest BCUT2D eigenvalue weighted by atomic mass is 16.5. The molecule has 5 rings (SSSR count). The second-order valence-corrected chi connectivity index (χ2v) is 7.69. The Bertz CT molecular complexity index is 1280. The molecule has 4 aromatic carbocycles. The molecule has 1 aliphatic heterocycles. The monoisotopic (exact) mass is 434 g/mol. The van der Waals surface area contributed by atoms with Crippen LogP contribution in [0, 0.1) is 0 Å². The average molecular weight is 434 g/mol. The van der Waals surface area contributed by atoms with Crippen LogP contribution in [-0.2, 0) is 13.2 Å². The molecule has 0 saturated heterocycles. The van der Waals surface area contributed by atoms with E-state index in [2.05, 4.69) is 0 Å². The molecule has 0 aliphatic carbocycles. The number of hydrogen-bond donors (Lipinski definition) is 0. The molecule has 0 radical (unpaired) electrons. The summed E-state index contributed by atoms with van der Waals surface area (Å²) in [6, 6.07) is 32.9. The first-order valence-electron chi connectivity index (χ1n) is 10.8. The van der Waals surface area contributed by atoms with Crippen LogP contribution in [0.25, 0.3) is 6.08 Å². The van der Waals surface area contributed by atoms with E-state index in [0.717, 1.165) is 16.7 Å². The Labute approximate surface area is 192 Å². The van der Waals surface area contributed by atoms with E-state index in [4.69, 9.17) is 14.2 Å². The topological polar surface area (TPSA) is 44.8 Å². The highest BCUT2D eigenvalue weighted by Gasteiger charge is 2.32. The summed E-state index contributed by atoms with van der Waals surface area (Å²) in [5.41, 5.74) is 3.36. The lowest BCUT2D eigenvalue weighted by Crippen LogP contribution is -2.03. The molecule has 4 aromatic rings. The maximum Gasteiger partial charge on any atom is 0.235 e. The minimum atomic E-state index is -0.202. The van der Waals surface area contributed by atoms with Gasteiger partial charge in [0.1, 0.15) is 36.0 Å². The molecule has 1 heterocycles. The van der Waals surface area contributed by atoms with Gasteiger partial charge in [0.15, 0.2) is 5.76 Å². The van der Waals surface area contributed by atoms with Crippen LogP contribution in [0.5, 0.6) is 17.2 Å². The molecule has 0 aromatic heterocycles. The number of Topliss-reactive ketones (excluding diaryl/α,β-unsaturated/α-hetero) is 1. The van der Waals surface area contributed by atoms with Gasteiger partial charge >= 0.3 is 0 Å². The number of fused-ring (bicyclic) bond motifs is 1. The normalized spacial score (nSPS) is 13.5. The summed E-state index contributed by atoms with van der Waals surface area (Å²) < 4.78 is 18.1. The number of hydrogen-bond acceptors (Lipinski definition) is 4. The SMILES string of the molecule is O=C1/C(=C/c2ccccc2)Oc2cc(OCc3ccccc3)cc(OCc3ccccc3)c21. The second-order valence-electron chi connectivity index (χ2n) is 7.69. The first kappa shape index (κ1) is 20.6. The molecular formula is C29H22O4. The van der Waals surface area contributed by atoms with Gasteiger partial charge in [-0.15, -0.1) is 0 Å². The molecule has 0 bridgehead atoms. The number of rotatable bonds is 7. The Hall–Kier alpha value is -4.31. The van der Waals surface area contributed by atoms with E-state index in [0.29, 0.717) is 36.0 Å². The van der Waals surface area contributed by atoms with E-state index in [1.807, 2.05) is 91.0 Å². The number of carbonyl (C=O) groups is 1. The molecule has 33 heavy (non-hydrogen) atoms. The number of carbonyl (C=O) groups excluding carboxylic acids is 1. The highest BCUT2D eigenvalue weighted by Crippen LogP contribution is 2.42.